The Morgan fingerprint density at radius 2 is 2.41 bits per heavy atom. The van der Waals surface area contributed by atoms with Gasteiger partial charge in [-0.1, -0.05) is 36.4 Å². The molecule has 0 aliphatic heterocycles. The number of carbonyl (C=O) groups excluding carboxylic acids is 1. The van der Waals surface area contributed by atoms with Crippen LogP contribution in [0.25, 0.3) is 10.3 Å². The van der Waals surface area contributed by atoms with E-state index in [1.165, 1.54) is 11.8 Å². The van der Waals surface area contributed by atoms with Crippen molar-refractivity contribution < 1.29 is 4.79 Å². The van der Waals surface area contributed by atoms with E-state index in [0.29, 0.717) is 18.0 Å². The second kappa shape index (κ2) is 6.12. The maximum absolute atomic E-state index is 11.5. The van der Waals surface area contributed by atoms with Gasteiger partial charge in [0.2, 0.25) is 0 Å². The van der Waals surface area contributed by atoms with Crippen molar-refractivity contribution in [3.63, 3.8) is 0 Å². The van der Waals surface area contributed by atoms with E-state index in [0.717, 1.165) is 27.5 Å². The topological polar surface area (TPSA) is 42.9 Å². The molecule has 0 amide bonds. The van der Waals surface area contributed by atoms with Gasteiger partial charge in [-0.2, -0.15) is 0 Å². The zero-order chi connectivity index (χ0) is 12.1. The smallest absolute Gasteiger partial charge is 0.153 e. The minimum atomic E-state index is 0.309. The number of hydrogen-bond donors (Lipinski definition) is 0. The van der Waals surface area contributed by atoms with Gasteiger partial charge in [-0.25, -0.2) is 9.97 Å². The summed E-state index contributed by atoms with van der Waals surface area (Å²) in [5, 5.41) is 0. The van der Waals surface area contributed by atoms with Crippen molar-refractivity contribution in [3.8, 4) is 0 Å². The first-order chi connectivity index (χ1) is 8.29. The van der Waals surface area contributed by atoms with Crippen LogP contribution in [0, 0.1) is 0 Å². The highest BCUT2D eigenvalue weighted by molar-refractivity contribution is 8.01. The molecule has 0 atom stereocenters. The van der Waals surface area contributed by atoms with Gasteiger partial charge in [-0.15, -0.1) is 0 Å². The van der Waals surface area contributed by atoms with Crippen LogP contribution in [0.2, 0.25) is 0 Å². The number of ketones is 1. The molecule has 0 unspecified atom stereocenters. The molecule has 0 fully saturated rings. The van der Waals surface area contributed by atoms with Crippen molar-refractivity contribution in [2.75, 3.05) is 5.75 Å². The Morgan fingerprint density at radius 3 is 3.18 bits per heavy atom. The molecule has 2 aromatic rings. The van der Waals surface area contributed by atoms with Crippen molar-refractivity contribution in [3.05, 3.63) is 18.3 Å². The van der Waals surface area contributed by atoms with Gasteiger partial charge < -0.3 is 0 Å². The molecule has 0 aromatic carbocycles. The summed E-state index contributed by atoms with van der Waals surface area (Å²) in [5.74, 6) is 0.837. The molecule has 0 bridgehead atoms. The van der Waals surface area contributed by atoms with E-state index in [9.17, 15) is 4.79 Å². The lowest BCUT2D eigenvalue weighted by molar-refractivity contribution is -0.116. The molecular formula is C12H14N2OS2. The number of fused-ring (bicyclic) bond motifs is 1. The Kier molecular flexibility index (Phi) is 4.50. The lowest BCUT2D eigenvalue weighted by atomic mass is 10.2. The summed E-state index contributed by atoms with van der Waals surface area (Å²) in [6.07, 6.45) is 4.51. The van der Waals surface area contributed by atoms with Gasteiger partial charge in [0.25, 0.3) is 0 Å². The standard InChI is InChI=1S/C12H14N2OS2/c1-2-3-5-9(15)8-16-12-14-10-6-4-7-13-11(10)17-12/h4,6-7H,2-3,5,8H2,1H3. The second-order valence-corrected chi connectivity index (χ2v) is 5.94. The van der Waals surface area contributed by atoms with Crippen LogP contribution in [0.15, 0.2) is 22.7 Å². The summed E-state index contributed by atoms with van der Waals surface area (Å²) in [5.41, 5.74) is 0.918. The minimum absolute atomic E-state index is 0.309. The van der Waals surface area contributed by atoms with Crippen LogP contribution in [-0.4, -0.2) is 21.5 Å². The molecule has 90 valence electrons. The van der Waals surface area contributed by atoms with E-state index in [2.05, 4.69) is 16.9 Å². The van der Waals surface area contributed by atoms with E-state index in [1.54, 1.807) is 17.5 Å². The molecule has 2 aromatic heterocycles. The molecule has 0 N–H and O–H groups in total. The SMILES string of the molecule is CCCCC(=O)CSc1nc2cccnc2s1. The fourth-order valence-corrected chi connectivity index (χ4v) is 3.28. The van der Waals surface area contributed by atoms with Crippen molar-refractivity contribution in [2.24, 2.45) is 0 Å². The lowest BCUT2D eigenvalue weighted by Gasteiger charge is -1.96. The van der Waals surface area contributed by atoms with E-state index in [1.807, 2.05) is 12.1 Å². The Morgan fingerprint density at radius 1 is 1.53 bits per heavy atom. The highest BCUT2D eigenvalue weighted by Crippen LogP contribution is 2.28. The Bertz CT molecular complexity index is 477. The van der Waals surface area contributed by atoms with E-state index >= 15 is 0 Å². The second-order valence-electron chi connectivity index (χ2n) is 3.74. The summed E-state index contributed by atoms with van der Waals surface area (Å²) < 4.78 is 0.934. The molecule has 0 aliphatic carbocycles. The van der Waals surface area contributed by atoms with Crippen molar-refractivity contribution in [2.45, 2.75) is 30.5 Å². The molecule has 0 spiro atoms. The Balaban J connectivity index is 1.92. The minimum Gasteiger partial charge on any atom is -0.299 e. The van der Waals surface area contributed by atoms with Gasteiger partial charge >= 0.3 is 0 Å². The summed E-state index contributed by atoms with van der Waals surface area (Å²) in [4.78, 5) is 21.1. The quantitative estimate of drug-likeness (QED) is 0.750. The van der Waals surface area contributed by atoms with Gasteiger partial charge in [-0.05, 0) is 18.6 Å². The number of thioether (sulfide) groups is 1. The van der Waals surface area contributed by atoms with Gasteiger partial charge in [0, 0.05) is 12.6 Å². The normalized spacial score (nSPS) is 10.9. The largest absolute Gasteiger partial charge is 0.299 e. The number of Topliss-reactive ketones (excluding diaryl/α,β-unsaturated/α-hetero) is 1. The van der Waals surface area contributed by atoms with Crippen LogP contribution < -0.4 is 0 Å². The first kappa shape index (κ1) is 12.5. The van der Waals surface area contributed by atoms with Crippen molar-refractivity contribution in [1.29, 1.82) is 0 Å². The lowest BCUT2D eigenvalue weighted by Crippen LogP contribution is -2.00. The number of hydrogen-bond acceptors (Lipinski definition) is 5. The average molecular weight is 266 g/mol. The third kappa shape index (κ3) is 3.51. The van der Waals surface area contributed by atoms with E-state index < -0.39 is 0 Å². The van der Waals surface area contributed by atoms with Gasteiger partial charge in [0.15, 0.2) is 4.34 Å². The number of pyridine rings is 1. The van der Waals surface area contributed by atoms with E-state index in [4.69, 9.17) is 0 Å². The van der Waals surface area contributed by atoms with Crippen LogP contribution in [0.5, 0.6) is 0 Å². The predicted octanol–water partition coefficient (Wildman–Crippen LogP) is 3.54. The molecule has 2 rings (SSSR count). The first-order valence-corrected chi connectivity index (χ1v) is 7.46. The van der Waals surface area contributed by atoms with Gasteiger partial charge in [0.05, 0.1) is 5.75 Å². The van der Waals surface area contributed by atoms with Crippen molar-refractivity contribution >= 4 is 39.2 Å². The molecule has 0 radical (unpaired) electrons. The molecule has 2 heterocycles. The third-order valence-electron chi connectivity index (χ3n) is 2.31. The number of rotatable bonds is 6. The number of nitrogens with zero attached hydrogens (tertiary/aromatic N) is 2. The average Bonchev–Trinajstić information content (AvgIpc) is 2.76. The summed E-state index contributed by atoms with van der Waals surface area (Å²) in [6, 6.07) is 3.82. The third-order valence-corrected chi connectivity index (χ3v) is 4.49. The zero-order valence-corrected chi connectivity index (χ0v) is 11.3. The fourth-order valence-electron chi connectivity index (χ4n) is 1.40. The Labute approximate surface area is 109 Å². The maximum Gasteiger partial charge on any atom is 0.153 e. The van der Waals surface area contributed by atoms with Crippen LogP contribution >= 0.6 is 23.1 Å². The summed E-state index contributed by atoms with van der Waals surface area (Å²) in [6.45, 7) is 2.10. The van der Waals surface area contributed by atoms with Crippen LogP contribution in [-0.2, 0) is 4.79 Å². The van der Waals surface area contributed by atoms with E-state index in [-0.39, 0.29) is 0 Å². The molecular weight excluding hydrogens is 252 g/mol. The van der Waals surface area contributed by atoms with Gasteiger partial charge in [-0.3, -0.25) is 4.79 Å². The molecule has 0 saturated heterocycles. The number of thiazole rings is 1. The summed E-state index contributed by atoms with van der Waals surface area (Å²) >= 11 is 3.07. The van der Waals surface area contributed by atoms with Crippen LogP contribution in [0.4, 0.5) is 0 Å². The molecule has 5 heteroatoms. The number of carbonyl (C=O) groups is 1. The first-order valence-electron chi connectivity index (χ1n) is 5.65. The highest BCUT2D eigenvalue weighted by atomic mass is 32.2. The molecule has 0 aliphatic rings. The number of aromatic nitrogens is 2. The maximum atomic E-state index is 11.5. The highest BCUT2D eigenvalue weighted by Gasteiger charge is 2.07. The van der Waals surface area contributed by atoms with Crippen molar-refractivity contribution in [1.82, 2.24) is 9.97 Å². The Hall–Kier alpha value is -0.940. The predicted molar refractivity (Wildman–Crippen MR) is 72.7 cm³/mol. The van der Waals surface area contributed by atoms with Crippen LogP contribution in [0.3, 0.4) is 0 Å². The molecule has 0 saturated carbocycles. The fraction of sp³-hybridized carbons (Fsp3) is 0.417. The van der Waals surface area contributed by atoms with Gasteiger partial charge in [0.1, 0.15) is 16.1 Å². The number of unbranched alkanes of at least 4 members (excludes halogenated alkanes) is 1. The van der Waals surface area contributed by atoms with Crippen LogP contribution in [0.1, 0.15) is 26.2 Å². The zero-order valence-electron chi connectivity index (χ0n) is 9.68. The monoisotopic (exact) mass is 266 g/mol. The molecule has 3 nitrogen and oxygen atoms in total. The summed E-state index contributed by atoms with van der Waals surface area (Å²) in [7, 11) is 0. The molecule has 17 heavy (non-hydrogen) atoms.